The number of nitriles is 1. The number of hydrogen-bond acceptors (Lipinski definition) is 4. The summed E-state index contributed by atoms with van der Waals surface area (Å²) in [4.78, 5) is 0. The van der Waals surface area contributed by atoms with Gasteiger partial charge in [0.1, 0.15) is 24.2 Å². The molecule has 0 unspecified atom stereocenters. The Labute approximate surface area is 118 Å². The van der Waals surface area contributed by atoms with Crippen LogP contribution in [0, 0.1) is 18.3 Å². The van der Waals surface area contributed by atoms with Gasteiger partial charge in [0.15, 0.2) is 0 Å². The van der Waals surface area contributed by atoms with Gasteiger partial charge in [0, 0.05) is 11.8 Å². The van der Waals surface area contributed by atoms with Crippen LogP contribution in [-0.4, -0.2) is 7.11 Å². The van der Waals surface area contributed by atoms with Gasteiger partial charge in [-0.15, -0.1) is 0 Å². The average molecular weight is 268 g/mol. The van der Waals surface area contributed by atoms with Crippen LogP contribution in [0.15, 0.2) is 36.4 Å². The van der Waals surface area contributed by atoms with Crippen molar-refractivity contribution in [3.05, 3.63) is 53.1 Å². The summed E-state index contributed by atoms with van der Waals surface area (Å²) in [5.41, 5.74) is 8.88. The molecule has 0 bridgehead atoms. The van der Waals surface area contributed by atoms with Crippen molar-refractivity contribution in [2.24, 2.45) is 0 Å². The first kappa shape index (κ1) is 13.8. The number of hydrogen-bond donors (Lipinski definition) is 1. The summed E-state index contributed by atoms with van der Waals surface area (Å²) in [6.07, 6.45) is 0. The Hall–Kier alpha value is -2.67. The normalized spacial score (nSPS) is 9.85. The lowest BCUT2D eigenvalue weighted by Gasteiger charge is -2.11. The maximum Gasteiger partial charge on any atom is 0.137 e. The van der Waals surface area contributed by atoms with Crippen LogP contribution in [0.1, 0.15) is 16.7 Å². The lowest BCUT2D eigenvalue weighted by molar-refractivity contribution is 0.303. The van der Waals surface area contributed by atoms with Crippen molar-refractivity contribution >= 4 is 5.69 Å². The molecule has 2 N–H and O–H groups in total. The Morgan fingerprint density at radius 1 is 1.15 bits per heavy atom. The third-order valence-corrected chi connectivity index (χ3v) is 2.99. The molecule has 0 aromatic heterocycles. The van der Waals surface area contributed by atoms with Crippen LogP contribution in [0.5, 0.6) is 11.5 Å². The highest BCUT2D eigenvalue weighted by atomic mass is 16.5. The van der Waals surface area contributed by atoms with Crippen LogP contribution in [0.3, 0.4) is 0 Å². The van der Waals surface area contributed by atoms with E-state index in [1.807, 2.05) is 25.1 Å². The minimum atomic E-state index is 0.395. The van der Waals surface area contributed by atoms with Crippen molar-refractivity contribution in [1.29, 1.82) is 5.26 Å². The predicted molar refractivity (Wildman–Crippen MR) is 77.6 cm³/mol. The quantitative estimate of drug-likeness (QED) is 0.865. The molecule has 0 fully saturated rings. The number of benzene rings is 2. The second-order valence-electron chi connectivity index (χ2n) is 4.46. The van der Waals surface area contributed by atoms with Crippen LogP contribution in [0.2, 0.25) is 0 Å². The fourth-order valence-electron chi connectivity index (χ4n) is 1.85. The Kier molecular flexibility index (Phi) is 4.11. The van der Waals surface area contributed by atoms with Crippen LogP contribution in [0.25, 0.3) is 0 Å². The second-order valence-corrected chi connectivity index (χ2v) is 4.46. The molecular weight excluding hydrogens is 252 g/mol. The van der Waals surface area contributed by atoms with Gasteiger partial charge >= 0.3 is 0 Å². The predicted octanol–water partition coefficient (Wildman–Crippen LogP) is 3.04. The van der Waals surface area contributed by atoms with Gasteiger partial charge in [0.2, 0.25) is 0 Å². The zero-order valence-electron chi connectivity index (χ0n) is 11.5. The van der Waals surface area contributed by atoms with Gasteiger partial charge in [0.25, 0.3) is 0 Å². The Bertz CT molecular complexity index is 660. The minimum Gasteiger partial charge on any atom is -0.495 e. The largest absolute Gasteiger partial charge is 0.495 e. The smallest absolute Gasteiger partial charge is 0.137 e. The number of methoxy groups -OCH3 is 1. The van der Waals surface area contributed by atoms with Crippen molar-refractivity contribution < 1.29 is 9.47 Å². The molecule has 2 aromatic rings. The van der Waals surface area contributed by atoms with Gasteiger partial charge < -0.3 is 15.2 Å². The first-order valence-electron chi connectivity index (χ1n) is 6.20. The third-order valence-electron chi connectivity index (χ3n) is 2.99. The highest BCUT2D eigenvalue weighted by Gasteiger charge is 2.05. The Morgan fingerprint density at radius 3 is 2.65 bits per heavy atom. The SMILES string of the molecule is COc1cc(COc2cc(N)ccc2C)ccc1C#N. The fraction of sp³-hybridized carbons (Fsp3) is 0.188. The molecule has 4 heteroatoms. The molecule has 0 radical (unpaired) electrons. The number of nitrogen functional groups attached to an aromatic ring is 1. The second kappa shape index (κ2) is 5.98. The summed E-state index contributed by atoms with van der Waals surface area (Å²) < 4.78 is 10.9. The zero-order chi connectivity index (χ0) is 14.5. The molecule has 0 amide bonds. The van der Waals surface area contributed by atoms with Crippen LogP contribution in [0.4, 0.5) is 5.69 Å². The minimum absolute atomic E-state index is 0.395. The van der Waals surface area contributed by atoms with Crippen molar-refractivity contribution in [3.8, 4) is 17.6 Å². The maximum absolute atomic E-state index is 8.94. The zero-order valence-corrected chi connectivity index (χ0v) is 11.5. The van der Waals surface area contributed by atoms with Crippen molar-refractivity contribution in [3.63, 3.8) is 0 Å². The molecule has 2 rings (SSSR count). The molecule has 2 aromatic carbocycles. The van der Waals surface area contributed by atoms with Gasteiger partial charge in [-0.1, -0.05) is 12.1 Å². The molecule has 0 aliphatic carbocycles. The number of anilines is 1. The van der Waals surface area contributed by atoms with E-state index in [-0.39, 0.29) is 0 Å². The van der Waals surface area contributed by atoms with E-state index in [1.165, 1.54) is 0 Å². The van der Waals surface area contributed by atoms with E-state index in [9.17, 15) is 0 Å². The third kappa shape index (κ3) is 3.01. The number of ether oxygens (including phenoxy) is 2. The fourth-order valence-corrected chi connectivity index (χ4v) is 1.85. The molecule has 0 saturated carbocycles. The topological polar surface area (TPSA) is 68.3 Å². The molecule has 0 aliphatic rings. The summed E-state index contributed by atoms with van der Waals surface area (Å²) in [7, 11) is 1.54. The maximum atomic E-state index is 8.94. The first-order valence-corrected chi connectivity index (χ1v) is 6.20. The summed E-state index contributed by atoms with van der Waals surface area (Å²) in [6, 6.07) is 13.0. The molecule has 0 aliphatic heterocycles. The van der Waals surface area contributed by atoms with Crippen molar-refractivity contribution in [2.45, 2.75) is 13.5 Å². The molecule has 0 spiro atoms. The van der Waals surface area contributed by atoms with Crippen molar-refractivity contribution in [1.82, 2.24) is 0 Å². The van der Waals surface area contributed by atoms with Gasteiger partial charge in [-0.25, -0.2) is 0 Å². The van der Waals surface area contributed by atoms with E-state index in [1.54, 1.807) is 25.3 Å². The summed E-state index contributed by atoms with van der Waals surface area (Å²) in [6.45, 7) is 2.36. The van der Waals surface area contributed by atoms with Gasteiger partial charge in [-0.3, -0.25) is 0 Å². The molecule has 0 saturated heterocycles. The van der Waals surface area contributed by atoms with E-state index in [0.29, 0.717) is 23.6 Å². The number of rotatable bonds is 4. The molecule has 4 nitrogen and oxygen atoms in total. The lowest BCUT2D eigenvalue weighted by atomic mass is 10.1. The standard InChI is InChI=1S/C16H16N2O2/c1-11-3-6-14(18)8-15(11)20-10-12-4-5-13(9-17)16(7-12)19-2/h3-8H,10,18H2,1-2H3. The average Bonchev–Trinajstić information content (AvgIpc) is 2.47. The van der Waals surface area contributed by atoms with E-state index >= 15 is 0 Å². The number of nitrogens with two attached hydrogens (primary N) is 1. The number of nitrogens with zero attached hydrogens (tertiary/aromatic N) is 1. The van der Waals surface area contributed by atoms with Crippen molar-refractivity contribution in [2.75, 3.05) is 12.8 Å². The van der Waals surface area contributed by atoms with Crippen LogP contribution < -0.4 is 15.2 Å². The van der Waals surface area contributed by atoms with Gasteiger partial charge in [0.05, 0.1) is 12.7 Å². The van der Waals surface area contributed by atoms with Crippen LogP contribution in [-0.2, 0) is 6.61 Å². The van der Waals surface area contributed by atoms with Crippen LogP contribution >= 0.6 is 0 Å². The number of aryl methyl sites for hydroxylation is 1. The summed E-state index contributed by atoms with van der Waals surface area (Å²) in [5, 5.41) is 8.94. The summed E-state index contributed by atoms with van der Waals surface area (Å²) >= 11 is 0. The molecule has 0 atom stereocenters. The van der Waals surface area contributed by atoms with Gasteiger partial charge in [-0.2, -0.15) is 5.26 Å². The molecule has 0 heterocycles. The van der Waals surface area contributed by atoms with E-state index in [4.69, 9.17) is 20.5 Å². The Morgan fingerprint density at radius 2 is 1.95 bits per heavy atom. The molecule has 20 heavy (non-hydrogen) atoms. The van der Waals surface area contributed by atoms with Gasteiger partial charge in [-0.05, 0) is 36.2 Å². The highest BCUT2D eigenvalue weighted by molar-refractivity contribution is 5.48. The van der Waals surface area contributed by atoms with E-state index < -0.39 is 0 Å². The first-order chi connectivity index (χ1) is 9.63. The highest BCUT2D eigenvalue weighted by Crippen LogP contribution is 2.24. The monoisotopic (exact) mass is 268 g/mol. The molecular formula is C16H16N2O2. The molecule has 102 valence electrons. The Balaban J connectivity index is 2.15. The summed E-state index contributed by atoms with van der Waals surface area (Å²) in [5.74, 6) is 1.31. The van der Waals surface area contributed by atoms with E-state index in [2.05, 4.69) is 6.07 Å². The lowest BCUT2D eigenvalue weighted by Crippen LogP contribution is -1.99. The van der Waals surface area contributed by atoms with E-state index in [0.717, 1.165) is 16.9 Å².